The van der Waals surface area contributed by atoms with Crippen molar-refractivity contribution in [2.45, 2.75) is 62.7 Å². The molecule has 0 bridgehead atoms. The van der Waals surface area contributed by atoms with Gasteiger partial charge in [0.15, 0.2) is 0 Å². The van der Waals surface area contributed by atoms with Gasteiger partial charge in [0, 0.05) is 44.6 Å². The van der Waals surface area contributed by atoms with E-state index in [1.807, 2.05) is 6.92 Å². The Morgan fingerprint density at radius 2 is 1.91 bits per heavy atom. The van der Waals surface area contributed by atoms with E-state index < -0.39 is 5.60 Å². The first-order chi connectivity index (χ1) is 11.0. The molecule has 1 saturated carbocycles. The molecule has 0 aromatic rings. The minimum absolute atomic E-state index is 0.00568. The molecule has 3 aliphatic rings. The van der Waals surface area contributed by atoms with Gasteiger partial charge in [-0.1, -0.05) is 12.8 Å². The molecule has 1 amide bonds. The molecule has 0 aromatic heterocycles. The van der Waals surface area contributed by atoms with Gasteiger partial charge < -0.3 is 19.9 Å². The van der Waals surface area contributed by atoms with Gasteiger partial charge in [-0.2, -0.15) is 0 Å². The van der Waals surface area contributed by atoms with Crippen molar-refractivity contribution >= 4 is 5.91 Å². The monoisotopic (exact) mass is 326 g/mol. The molecule has 0 spiro atoms. The molecule has 1 aliphatic carbocycles. The van der Waals surface area contributed by atoms with Crippen LogP contribution in [0.15, 0.2) is 0 Å². The summed E-state index contributed by atoms with van der Waals surface area (Å²) >= 11 is 0. The van der Waals surface area contributed by atoms with Crippen LogP contribution in [0.25, 0.3) is 0 Å². The van der Waals surface area contributed by atoms with Crippen molar-refractivity contribution < 1.29 is 19.4 Å². The predicted octanol–water partition coefficient (Wildman–Crippen LogP) is 0.678. The van der Waals surface area contributed by atoms with Crippen LogP contribution in [0.5, 0.6) is 0 Å². The third kappa shape index (κ3) is 3.71. The summed E-state index contributed by atoms with van der Waals surface area (Å²) in [5.41, 5.74) is -0.925. The summed E-state index contributed by atoms with van der Waals surface area (Å²) in [5, 5.41) is 13.5. The van der Waals surface area contributed by atoms with Crippen LogP contribution in [0.3, 0.4) is 0 Å². The first-order valence-electron chi connectivity index (χ1n) is 8.98. The fourth-order valence-electron chi connectivity index (χ4n) is 4.29. The number of ether oxygens (including phenoxy) is 2. The van der Waals surface area contributed by atoms with E-state index in [9.17, 15) is 9.90 Å². The first kappa shape index (κ1) is 17.1. The number of nitrogens with zero attached hydrogens (tertiary/aromatic N) is 1. The van der Waals surface area contributed by atoms with E-state index in [4.69, 9.17) is 9.47 Å². The highest BCUT2D eigenvalue weighted by molar-refractivity contribution is 5.77. The molecule has 2 atom stereocenters. The minimum Gasteiger partial charge on any atom is -0.385 e. The average Bonchev–Trinajstić information content (AvgIpc) is 3.15. The molecule has 2 N–H and O–H groups in total. The quantitative estimate of drug-likeness (QED) is 0.777. The lowest BCUT2D eigenvalue weighted by atomic mass is 9.89. The van der Waals surface area contributed by atoms with Gasteiger partial charge in [0.05, 0.1) is 19.3 Å². The van der Waals surface area contributed by atoms with Gasteiger partial charge in [0.2, 0.25) is 5.91 Å². The maximum Gasteiger partial charge on any atom is 0.221 e. The molecular weight excluding hydrogens is 296 g/mol. The lowest BCUT2D eigenvalue weighted by molar-refractivity contribution is -0.127. The number of carbonyl (C=O) groups excluding carboxylic acids is 1. The van der Waals surface area contributed by atoms with Gasteiger partial charge >= 0.3 is 0 Å². The van der Waals surface area contributed by atoms with E-state index in [0.29, 0.717) is 19.4 Å². The third-order valence-corrected chi connectivity index (χ3v) is 5.96. The van der Waals surface area contributed by atoms with Crippen molar-refractivity contribution in [1.29, 1.82) is 0 Å². The normalized spacial score (nSPS) is 34.6. The molecular formula is C17H30N2O4. The molecule has 3 rings (SSSR count). The Kier molecular flexibility index (Phi) is 5.26. The summed E-state index contributed by atoms with van der Waals surface area (Å²) in [6.45, 7) is 6.07. The van der Waals surface area contributed by atoms with Gasteiger partial charge in [-0.25, -0.2) is 0 Å². The minimum atomic E-state index is -0.919. The number of amides is 1. The van der Waals surface area contributed by atoms with Gasteiger partial charge in [-0.3, -0.25) is 9.69 Å². The van der Waals surface area contributed by atoms with E-state index in [0.717, 1.165) is 39.1 Å². The number of rotatable bonds is 5. The second-order valence-corrected chi connectivity index (χ2v) is 7.35. The lowest BCUT2D eigenvalue weighted by Gasteiger charge is -2.43. The smallest absolute Gasteiger partial charge is 0.221 e. The molecule has 0 unspecified atom stereocenters. The number of carbonyl (C=O) groups is 1. The number of hydrogen-bond acceptors (Lipinski definition) is 5. The zero-order valence-electron chi connectivity index (χ0n) is 14.2. The van der Waals surface area contributed by atoms with Gasteiger partial charge in [0.25, 0.3) is 0 Å². The van der Waals surface area contributed by atoms with E-state index in [2.05, 4.69) is 10.2 Å². The number of hydrogen-bond donors (Lipinski definition) is 2. The summed E-state index contributed by atoms with van der Waals surface area (Å²) in [5.74, 6) is 0.0471. The number of morpholine rings is 1. The Bertz CT molecular complexity index is 419. The molecule has 0 aromatic carbocycles. The summed E-state index contributed by atoms with van der Waals surface area (Å²) < 4.78 is 10.9. The van der Waals surface area contributed by atoms with E-state index in [1.54, 1.807) is 0 Å². The van der Waals surface area contributed by atoms with Crippen LogP contribution in [0.1, 0.15) is 45.4 Å². The Hall–Kier alpha value is -0.690. The third-order valence-electron chi connectivity index (χ3n) is 5.96. The molecule has 6 nitrogen and oxygen atoms in total. The maximum atomic E-state index is 12.5. The SMILES string of the molecule is C[C@H]1OCC[C@]1(O)CNC(=O)CC1(N2CCOCC2)CCCC1. The van der Waals surface area contributed by atoms with Crippen LogP contribution >= 0.6 is 0 Å². The Morgan fingerprint density at radius 1 is 1.22 bits per heavy atom. The van der Waals surface area contributed by atoms with Gasteiger partial charge in [0.1, 0.15) is 5.60 Å². The van der Waals surface area contributed by atoms with Crippen LogP contribution in [-0.2, 0) is 14.3 Å². The van der Waals surface area contributed by atoms with Crippen molar-refractivity contribution in [2.24, 2.45) is 0 Å². The Labute approximate surface area is 138 Å². The standard InChI is InChI=1S/C17H30N2O4/c1-14-17(21,6-9-23-14)13-18-15(20)12-16(4-2-3-5-16)19-7-10-22-11-8-19/h14,21H,2-13H2,1H3,(H,18,20)/t14-,17+/m1/s1. The molecule has 3 fully saturated rings. The van der Waals surface area contributed by atoms with E-state index in [1.165, 1.54) is 12.8 Å². The molecule has 2 saturated heterocycles. The van der Waals surface area contributed by atoms with Crippen LogP contribution in [0.4, 0.5) is 0 Å². The Balaban J connectivity index is 1.56. The van der Waals surface area contributed by atoms with E-state index in [-0.39, 0.29) is 24.1 Å². The zero-order valence-corrected chi connectivity index (χ0v) is 14.2. The second-order valence-electron chi connectivity index (χ2n) is 7.35. The van der Waals surface area contributed by atoms with Gasteiger partial charge in [-0.05, 0) is 19.8 Å². The number of nitrogens with one attached hydrogen (secondary N) is 1. The lowest BCUT2D eigenvalue weighted by Crippen LogP contribution is -2.55. The van der Waals surface area contributed by atoms with Crippen molar-refractivity contribution in [3.05, 3.63) is 0 Å². The maximum absolute atomic E-state index is 12.5. The highest BCUT2D eigenvalue weighted by atomic mass is 16.5. The molecule has 0 radical (unpaired) electrons. The van der Waals surface area contributed by atoms with Crippen molar-refractivity contribution in [3.8, 4) is 0 Å². The van der Waals surface area contributed by atoms with Gasteiger partial charge in [-0.15, -0.1) is 0 Å². The summed E-state index contributed by atoms with van der Waals surface area (Å²) in [6, 6.07) is 0. The predicted molar refractivity (Wildman–Crippen MR) is 86.2 cm³/mol. The Morgan fingerprint density at radius 3 is 2.52 bits per heavy atom. The zero-order chi connectivity index (χ0) is 16.3. The van der Waals surface area contributed by atoms with Crippen molar-refractivity contribution in [3.63, 3.8) is 0 Å². The van der Waals surface area contributed by atoms with Crippen molar-refractivity contribution in [2.75, 3.05) is 39.5 Å². The number of aliphatic hydroxyl groups is 1. The summed E-state index contributed by atoms with van der Waals surface area (Å²) in [7, 11) is 0. The summed E-state index contributed by atoms with van der Waals surface area (Å²) in [4.78, 5) is 15.0. The largest absolute Gasteiger partial charge is 0.385 e. The molecule has 23 heavy (non-hydrogen) atoms. The molecule has 2 aliphatic heterocycles. The first-order valence-corrected chi connectivity index (χ1v) is 8.98. The highest BCUT2D eigenvalue weighted by Crippen LogP contribution is 2.38. The molecule has 6 heteroatoms. The summed E-state index contributed by atoms with van der Waals surface area (Å²) in [6.07, 6.45) is 5.46. The fourth-order valence-corrected chi connectivity index (χ4v) is 4.29. The van der Waals surface area contributed by atoms with Crippen LogP contribution in [0.2, 0.25) is 0 Å². The second kappa shape index (κ2) is 7.05. The topological polar surface area (TPSA) is 71.0 Å². The highest BCUT2D eigenvalue weighted by Gasteiger charge is 2.43. The van der Waals surface area contributed by atoms with E-state index >= 15 is 0 Å². The molecule has 2 heterocycles. The molecule has 132 valence electrons. The van der Waals surface area contributed by atoms with Crippen LogP contribution in [0, 0.1) is 0 Å². The average molecular weight is 326 g/mol. The van der Waals surface area contributed by atoms with Crippen molar-refractivity contribution in [1.82, 2.24) is 10.2 Å². The van der Waals surface area contributed by atoms with Crippen LogP contribution < -0.4 is 5.32 Å². The van der Waals surface area contributed by atoms with Crippen LogP contribution in [-0.4, -0.2) is 72.6 Å². The fraction of sp³-hybridized carbons (Fsp3) is 0.941.